The number of carbonyl (C=O) groups is 2. The van der Waals surface area contributed by atoms with Gasteiger partial charge in [-0.15, -0.1) is 0 Å². The number of ether oxygens (including phenoxy) is 1. The second-order valence-corrected chi connectivity index (χ2v) is 7.61. The molecule has 1 amide bonds. The van der Waals surface area contributed by atoms with Crippen molar-refractivity contribution >= 4 is 33.3 Å². The molecular formula is C18H19FN2O5S. The minimum Gasteiger partial charge on any atom is -0.465 e. The van der Waals surface area contributed by atoms with Crippen LogP contribution in [0.2, 0.25) is 0 Å². The van der Waals surface area contributed by atoms with Crippen LogP contribution >= 0.6 is 0 Å². The minimum absolute atomic E-state index is 0.219. The van der Waals surface area contributed by atoms with Crippen molar-refractivity contribution in [1.29, 1.82) is 0 Å². The Hall–Kier alpha value is -2.94. The molecule has 0 saturated heterocycles. The largest absolute Gasteiger partial charge is 0.465 e. The molecule has 27 heavy (non-hydrogen) atoms. The molecule has 144 valence electrons. The Labute approximate surface area is 156 Å². The van der Waals surface area contributed by atoms with Crippen LogP contribution in [0.4, 0.5) is 15.8 Å². The van der Waals surface area contributed by atoms with E-state index in [1.54, 1.807) is 0 Å². The van der Waals surface area contributed by atoms with Crippen molar-refractivity contribution in [3.05, 3.63) is 59.9 Å². The smallest absolute Gasteiger partial charge is 0.337 e. The molecule has 0 saturated carbocycles. The molecule has 0 aromatic heterocycles. The van der Waals surface area contributed by atoms with Gasteiger partial charge in [-0.25, -0.2) is 17.6 Å². The molecule has 0 aliphatic carbocycles. The lowest BCUT2D eigenvalue weighted by Gasteiger charge is -2.28. The molecule has 2 aromatic carbocycles. The maximum atomic E-state index is 14.1. The van der Waals surface area contributed by atoms with Crippen molar-refractivity contribution in [3.8, 4) is 0 Å². The van der Waals surface area contributed by atoms with Crippen molar-refractivity contribution in [2.45, 2.75) is 13.0 Å². The quantitative estimate of drug-likeness (QED) is 0.760. The van der Waals surface area contributed by atoms with E-state index in [2.05, 4.69) is 10.1 Å². The standard InChI is InChI=1S/C18H19FN2O5S/c1-12(21(27(3,24)25)16-10-5-4-9-15(16)19)17(22)20-14-8-6-7-13(11-14)18(23)26-2/h4-12H,1-3H3,(H,20,22)/t12-/m0/s1. The molecule has 0 bridgehead atoms. The van der Waals surface area contributed by atoms with Crippen LogP contribution in [0.25, 0.3) is 0 Å². The van der Waals surface area contributed by atoms with Crippen LogP contribution in [0.3, 0.4) is 0 Å². The Kier molecular flexibility index (Phi) is 6.17. The maximum absolute atomic E-state index is 14.1. The zero-order valence-corrected chi connectivity index (χ0v) is 15.8. The zero-order valence-electron chi connectivity index (χ0n) is 15.0. The molecule has 0 unspecified atom stereocenters. The predicted octanol–water partition coefficient (Wildman–Crippen LogP) is 2.41. The SMILES string of the molecule is COC(=O)c1cccc(NC(=O)[C@H](C)N(c2ccccc2F)S(C)(=O)=O)c1. The summed E-state index contributed by atoms with van der Waals surface area (Å²) in [5.41, 5.74) is 0.264. The highest BCUT2D eigenvalue weighted by Crippen LogP contribution is 2.24. The number of hydrogen-bond acceptors (Lipinski definition) is 5. The topological polar surface area (TPSA) is 92.8 Å². The van der Waals surface area contributed by atoms with Gasteiger partial charge in [0.2, 0.25) is 15.9 Å². The molecule has 7 nitrogen and oxygen atoms in total. The predicted molar refractivity (Wildman–Crippen MR) is 99.6 cm³/mol. The van der Waals surface area contributed by atoms with Crippen LogP contribution in [-0.2, 0) is 19.6 Å². The van der Waals surface area contributed by atoms with E-state index >= 15 is 0 Å². The summed E-state index contributed by atoms with van der Waals surface area (Å²) in [5.74, 6) is -2.04. The van der Waals surface area contributed by atoms with Gasteiger partial charge in [-0.2, -0.15) is 0 Å². The van der Waals surface area contributed by atoms with Gasteiger partial charge in [-0.1, -0.05) is 18.2 Å². The number of methoxy groups -OCH3 is 1. The number of amides is 1. The van der Waals surface area contributed by atoms with Crippen LogP contribution in [0.1, 0.15) is 17.3 Å². The summed E-state index contributed by atoms with van der Waals surface area (Å²) in [7, 11) is -2.71. The van der Waals surface area contributed by atoms with E-state index in [-0.39, 0.29) is 16.9 Å². The Balaban J connectivity index is 2.31. The van der Waals surface area contributed by atoms with E-state index < -0.39 is 33.8 Å². The normalized spacial score (nSPS) is 12.1. The van der Waals surface area contributed by atoms with Crippen molar-refractivity contribution in [1.82, 2.24) is 0 Å². The first-order chi connectivity index (χ1) is 12.6. The third kappa shape index (κ3) is 4.82. The molecule has 0 radical (unpaired) electrons. The molecule has 2 aromatic rings. The van der Waals surface area contributed by atoms with E-state index in [0.29, 0.717) is 4.31 Å². The van der Waals surface area contributed by atoms with E-state index in [4.69, 9.17) is 0 Å². The van der Waals surface area contributed by atoms with Gasteiger partial charge in [0, 0.05) is 5.69 Å². The average Bonchev–Trinajstić information content (AvgIpc) is 2.61. The number of rotatable bonds is 6. The summed E-state index contributed by atoms with van der Waals surface area (Å²) < 4.78 is 43.8. The summed E-state index contributed by atoms with van der Waals surface area (Å²) in [4.78, 5) is 24.2. The molecule has 0 heterocycles. The molecule has 0 aliphatic rings. The van der Waals surface area contributed by atoms with Gasteiger partial charge in [0.15, 0.2) is 0 Å². The van der Waals surface area contributed by atoms with Crippen LogP contribution in [0.5, 0.6) is 0 Å². The molecule has 1 atom stereocenters. The highest BCUT2D eigenvalue weighted by Gasteiger charge is 2.31. The summed E-state index contributed by atoms with van der Waals surface area (Å²) in [6, 6.07) is 10.0. The van der Waals surface area contributed by atoms with E-state index in [0.717, 1.165) is 12.3 Å². The number of benzene rings is 2. The number of nitrogens with one attached hydrogen (secondary N) is 1. The lowest BCUT2D eigenvalue weighted by molar-refractivity contribution is -0.116. The molecule has 2 rings (SSSR count). The fourth-order valence-corrected chi connectivity index (χ4v) is 3.68. The van der Waals surface area contributed by atoms with Crippen molar-refractivity contribution in [3.63, 3.8) is 0 Å². The van der Waals surface area contributed by atoms with Crippen LogP contribution in [0.15, 0.2) is 48.5 Å². The number of carbonyl (C=O) groups excluding carboxylic acids is 2. The number of para-hydroxylation sites is 1. The minimum atomic E-state index is -3.94. The summed E-state index contributed by atoms with van der Waals surface area (Å²) in [6.45, 7) is 1.34. The van der Waals surface area contributed by atoms with Crippen LogP contribution in [-0.4, -0.2) is 39.7 Å². The number of halogens is 1. The van der Waals surface area contributed by atoms with E-state index in [1.807, 2.05) is 0 Å². The second kappa shape index (κ2) is 8.17. The fraction of sp³-hybridized carbons (Fsp3) is 0.222. The first-order valence-corrected chi connectivity index (χ1v) is 9.73. The van der Waals surface area contributed by atoms with Crippen molar-refractivity contribution in [2.24, 2.45) is 0 Å². The Morgan fingerprint density at radius 1 is 1.15 bits per heavy atom. The molecule has 1 N–H and O–H groups in total. The average molecular weight is 394 g/mol. The number of sulfonamides is 1. The maximum Gasteiger partial charge on any atom is 0.337 e. The summed E-state index contributed by atoms with van der Waals surface area (Å²) >= 11 is 0. The lowest BCUT2D eigenvalue weighted by atomic mass is 10.2. The highest BCUT2D eigenvalue weighted by molar-refractivity contribution is 7.92. The third-order valence-electron chi connectivity index (χ3n) is 3.73. The first-order valence-electron chi connectivity index (χ1n) is 7.88. The van der Waals surface area contributed by atoms with Gasteiger partial charge >= 0.3 is 5.97 Å². The third-order valence-corrected chi connectivity index (χ3v) is 4.96. The van der Waals surface area contributed by atoms with Crippen LogP contribution in [0, 0.1) is 5.82 Å². The van der Waals surface area contributed by atoms with Gasteiger partial charge in [-0.05, 0) is 37.3 Å². The number of hydrogen-bond donors (Lipinski definition) is 1. The molecule has 0 spiro atoms. The molecule has 9 heteroatoms. The van der Waals surface area contributed by atoms with Crippen molar-refractivity contribution in [2.75, 3.05) is 23.0 Å². The number of anilines is 2. The van der Waals surface area contributed by atoms with E-state index in [1.165, 1.54) is 56.5 Å². The molecule has 0 aliphatic heterocycles. The summed E-state index contributed by atoms with van der Waals surface area (Å²) in [6.07, 6.45) is 0.890. The monoisotopic (exact) mass is 394 g/mol. The van der Waals surface area contributed by atoms with Gasteiger partial charge in [0.1, 0.15) is 11.9 Å². The molecular weight excluding hydrogens is 375 g/mol. The van der Waals surface area contributed by atoms with Gasteiger partial charge in [-0.3, -0.25) is 9.10 Å². The van der Waals surface area contributed by atoms with Gasteiger partial charge in [0.25, 0.3) is 0 Å². The van der Waals surface area contributed by atoms with E-state index in [9.17, 15) is 22.4 Å². The number of nitrogens with zero attached hydrogens (tertiary/aromatic N) is 1. The highest BCUT2D eigenvalue weighted by atomic mass is 32.2. The Morgan fingerprint density at radius 3 is 2.41 bits per heavy atom. The lowest BCUT2D eigenvalue weighted by Crippen LogP contribution is -2.45. The summed E-state index contributed by atoms with van der Waals surface area (Å²) in [5, 5.41) is 2.53. The first kappa shape index (κ1) is 20.4. The Morgan fingerprint density at radius 2 is 1.81 bits per heavy atom. The fourth-order valence-electron chi connectivity index (χ4n) is 2.50. The molecule has 0 fully saturated rings. The van der Waals surface area contributed by atoms with Crippen molar-refractivity contribution < 1.29 is 27.1 Å². The van der Waals surface area contributed by atoms with Crippen LogP contribution < -0.4 is 9.62 Å². The zero-order chi connectivity index (χ0) is 20.2. The number of esters is 1. The van der Waals surface area contributed by atoms with Gasteiger partial charge < -0.3 is 10.1 Å². The Bertz CT molecular complexity index is 962. The second-order valence-electron chi connectivity index (χ2n) is 5.75. The van der Waals surface area contributed by atoms with Gasteiger partial charge in [0.05, 0.1) is 24.6 Å².